The predicted molar refractivity (Wildman–Crippen MR) is 84.3 cm³/mol. The van der Waals surface area contributed by atoms with Crippen LogP contribution in [0.25, 0.3) is 0 Å². The molecule has 0 fully saturated rings. The molecular weight excluding hydrogens is 272 g/mol. The molecule has 1 aromatic heterocycles. The first kappa shape index (κ1) is 14.9. The van der Waals surface area contributed by atoms with Crippen LogP contribution in [0.15, 0.2) is 30.6 Å². The van der Waals surface area contributed by atoms with Gasteiger partial charge in [0.15, 0.2) is 0 Å². The number of nitrogens with zero attached hydrogens (tertiary/aromatic N) is 3. The van der Waals surface area contributed by atoms with Gasteiger partial charge in [-0.05, 0) is 24.6 Å². The van der Waals surface area contributed by atoms with Crippen LogP contribution in [0.1, 0.15) is 17.0 Å². The predicted octanol–water partition coefficient (Wildman–Crippen LogP) is 2.44. The van der Waals surface area contributed by atoms with Crippen LogP contribution in [0, 0.1) is 0 Å². The zero-order chi connectivity index (χ0) is 13.2. The Morgan fingerprint density at radius 3 is 2.95 bits per heavy atom. The molecule has 0 amide bonds. The van der Waals surface area contributed by atoms with Crippen LogP contribution in [0.3, 0.4) is 0 Å². The highest BCUT2D eigenvalue weighted by Gasteiger charge is 2.15. The van der Waals surface area contributed by atoms with Gasteiger partial charge in [0, 0.05) is 38.2 Å². The van der Waals surface area contributed by atoms with Gasteiger partial charge in [-0.25, -0.2) is 4.98 Å². The molecule has 0 saturated heterocycles. The highest BCUT2D eigenvalue weighted by molar-refractivity contribution is 5.85. The van der Waals surface area contributed by atoms with Crippen molar-refractivity contribution in [3.63, 3.8) is 0 Å². The minimum absolute atomic E-state index is 0. The van der Waals surface area contributed by atoms with E-state index >= 15 is 0 Å². The lowest BCUT2D eigenvalue weighted by atomic mass is 10.1. The zero-order valence-electron chi connectivity index (χ0n) is 12.0. The third-order valence-electron chi connectivity index (χ3n) is 3.71. The van der Waals surface area contributed by atoms with Gasteiger partial charge in [-0.1, -0.05) is 18.2 Å². The maximum atomic E-state index is 4.38. The summed E-state index contributed by atoms with van der Waals surface area (Å²) in [5.74, 6) is 1.10. The number of anilines is 1. The summed E-state index contributed by atoms with van der Waals surface area (Å²) in [6, 6.07) is 6.60. The smallest absolute Gasteiger partial charge is 0.122 e. The Balaban J connectivity index is 0.00000147. The number of imidazole rings is 1. The van der Waals surface area contributed by atoms with Gasteiger partial charge < -0.3 is 9.88 Å². The molecule has 0 radical (unpaired) electrons. The first-order chi connectivity index (χ1) is 9.24. The standard InChI is InChI=1S/C15H20N4.ClH/c1-18(11-14-16-8-9-19(14)2)10-13-5-3-4-12-6-7-17-15(12)13;/h3-5,8-9,17H,6-7,10-11H2,1-2H3;1H. The lowest BCUT2D eigenvalue weighted by molar-refractivity contribution is 0.307. The third-order valence-corrected chi connectivity index (χ3v) is 3.71. The average molecular weight is 293 g/mol. The van der Waals surface area contributed by atoms with Gasteiger partial charge >= 0.3 is 0 Å². The Labute approximate surface area is 126 Å². The van der Waals surface area contributed by atoms with E-state index < -0.39 is 0 Å². The number of nitrogens with one attached hydrogen (secondary N) is 1. The van der Waals surface area contributed by atoms with E-state index in [4.69, 9.17) is 0 Å². The molecule has 108 valence electrons. The monoisotopic (exact) mass is 292 g/mol. The van der Waals surface area contributed by atoms with Crippen LogP contribution in [0.4, 0.5) is 5.69 Å². The van der Waals surface area contributed by atoms with Crippen LogP contribution < -0.4 is 5.32 Å². The van der Waals surface area contributed by atoms with E-state index in [0.29, 0.717) is 0 Å². The van der Waals surface area contributed by atoms with Crippen molar-refractivity contribution in [1.29, 1.82) is 0 Å². The van der Waals surface area contributed by atoms with E-state index in [0.717, 1.165) is 31.9 Å². The quantitative estimate of drug-likeness (QED) is 0.940. The molecule has 0 aliphatic carbocycles. The largest absolute Gasteiger partial charge is 0.384 e. The van der Waals surface area contributed by atoms with E-state index in [1.165, 1.54) is 16.8 Å². The second-order valence-corrected chi connectivity index (χ2v) is 5.25. The van der Waals surface area contributed by atoms with Gasteiger partial charge in [0.05, 0.1) is 6.54 Å². The van der Waals surface area contributed by atoms with Crippen molar-refractivity contribution >= 4 is 18.1 Å². The molecule has 2 heterocycles. The summed E-state index contributed by atoms with van der Waals surface area (Å²) in [4.78, 5) is 6.68. The number of fused-ring (bicyclic) bond motifs is 1. The molecule has 1 aromatic carbocycles. The van der Waals surface area contributed by atoms with E-state index in [-0.39, 0.29) is 12.4 Å². The molecule has 0 unspecified atom stereocenters. The molecule has 2 aromatic rings. The molecule has 1 N–H and O–H groups in total. The number of aromatic nitrogens is 2. The summed E-state index contributed by atoms with van der Waals surface area (Å²) in [7, 11) is 4.18. The minimum atomic E-state index is 0. The summed E-state index contributed by atoms with van der Waals surface area (Å²) in [6.45, 7) is 2.88. The summed E-state index contributed by atoms with van der Waals surface area (Å²) in [5.41, 5.74) is 4.17. The lowest BCUT2D eigenvalue weighted by Gasteiger charge is -2.18. The van der Waals surface area contributed by atoms with Crippen LogP contribution in [0.2, 0.25) is 0 Å². The number of hydrogen-bond acceptors (Lipinski definition) is 3. The summed E-state index contributed by atoms with van der Waals surface area (Å²) in [6.07, 6.45) is 4.99. The van der Waals surface area contributed by atoms with E-state index in [1.54, 1.807) is 0 Å². The first-order valence-corrected chi connectivity index (χ1v) is 6.73. The van der Waals surface area contributed by atoms with Crippen molar-refractivity contribution in [1.82, 2.24) is 14.5 Å². The topological polar surface area (TPSA) is 33.1 Å². The summed E-state index contributed by atoms with van der Waals surface area (Å²) in [5, 5.41) is 3.50. The molecule has 0 bridgehead atoms. The third kappa shape index (κ3) is 2.97. The SMILES string of the molecule is CN(Cc1cccc2c1NCC2)Cc1nccn1C.Cl. The number of halogens is 1. The Kier molecular flexibility index (Phi) is 4.68. The summed E-state index contributed by atoms with van der Waals surface area (Å²) >= 11 is 0. The van der Waals surface area contributed by atoms with Gasteiger partial charge in [0.2, 0.25) is 0 Å². The van der Waals surface area contributed by atoms with Gasteiger partial charge in [-0.2, -0.15) is 0 Å². The van der Waals surface area contributed by atoms with E-state index in [1.807, 2.05) is 19.4 Å². The highest BCUT2D eigenvalue weighted by atomic mass is 35.5. The van der Waals surface area contributed by atoms with Gasteiger partial charge in [0.25, 0.3) is 0 Å². The highest BCUT2D eigenvalue weighted by Crippen LogP contribution is 2.27. The molecular formula is C15H21ClN4. The van der Waals surface area contributed by atoms with Gasteiger partial charge in [-0.3, -0.25) is 4.90 Å². The molecule has 4 nitrogen and oxygen atoms in total. The fourth-order valence-corrected chi connectivity index (χ4v) is 2.68. The Morgan fingerprint density at radius 2 is 2.20 bits per heavy atom. The zero-order valence-corrected chi connectivity index (χ0v) is 12.8. The minimum Gasteiger partial charge on any atom is -0.384 e. The van der Waals surface area contributed by atoms with Crippen molar-refractivity contribution in [2.24, 2.45) is 7.05 Å². The number of para-hydroxylation sites is 1. The van der Waals surface area contributed by atoms with Gasteiger partial charge in [-0.15, -0.1) is 12.4 Å². The number of hydrogen-bond donors (Lipinski definition) is 1. The second-order valence-electron chi connectivity index (χ2n) is 5.25. The van der Waals surface area contributed by atoms with Crippen molar-refractivity contribution in [3.8, 4) is 0 Å². The number of rotatable bonds is 4. The molecule has 0 spiro atoms. The Bertz CT molecular complexity index is 579. The van der Waals surface area contributed by atoms with Crippen LogP contribution in [-0.4, -0.2) is 28.0 Å². The second kappa shape index (κ2) is 6.29. The molecule has 1 aliphatic rings. The molecule has 5 heteroatoms. The Morgan fingerprint density at radius 1 is 1.35 bits per heavy atom. The number of aryl methyl sites for hydroxylation is 1. The molecule has 3 rings (SSSR count). The average Bonchev–Trinajstić information content (AvgIpc) is 3.00. The lowest BCUT2D eigenvalue weighted by Crippen LogP contribution is -2.20. The van der Waals surface area contributed by atoms with Gasteiger partial charge in [0.1, 0.15) is 5.82 Å². The Hall–Kier alpha value is -1.52. The van der Waals surface area contributed by atoms with E-state index in [2.05, 4.69) is 45.0 Å². The molecule has 1 aliphatic heterocycles. The van der Waals surface area contributed by atoms with Crippen molar-refractivity contribution in [3.05, 3.63) is 47.5 Å². The molecule has 0 saturated carbocycles. The maximum absolute atomic E-state index is 4.38. The van der Waals surface area contributed by atoms with Crippen molar-refractivity contribution in [2.75, 3.05) is 18.9 Å². The van der Waals surface area contributed by atoms with Crippen LogP contribution in [-0.2, 0) is 26.6 Å². The number of benzene rings is 1. The summed E-state index contributed by atoms with van der Waals surface area (Å²) < 4.78 is 2.07. The van der Waals surface area contributed by atoms with Crippen molar-refractivity contribution in [2.45, 2.75) is 19.5 Å². The molecule has 20 heavy (non-hydrogen) atoms. The fourth-order valence-electron chi connectivity index (χ4n) is 2.68. The molecule has 0 atom stereocenters. The first-order valence-electron chi connectivity index (χ1n) is 6.73. The fraction of sp³-hybridized carbons (Fsp3) is 0.400. The normalized spacial score (nSPS) is 12.9. The van der Waals surface area contributed by atoms with Crippen LogP contribution >= 0.6 is 12.4 Å². The van der Waals surface area contributed by atoms with Crippen molar-refractivity contribution < 1.29 is 0 Å². The van der Waals surface area contributed by atoms with Crippen LogP contribution in [0.5, 0.6) is 0 Å². The maximum Gasteiger partial charge on any atom is 0.122 e. The van der Waals surface area contributed by atoms with E-state index in [9.17, 15) is 0 Å².